The Balaban J connectivity index is 1.66. The zero-order chi connectivity index (χ0) is 19.8. The van der Waals surface area contributed by atoms with Gasteiger partial charge in [-0.05, 0) is 13.0 Å². The van der Waals surface area contributed by atoms with Gasteiger partial charge in [0.15, 0.2) is 5.69 Å². The molecule has 0 radical (unpaired) electrons. The van der Waals surface area contributed by atoms with Crippen LogP contribution in [0.15, 0.2) is 22.7 Å². The summed E-state index contributed by atoms with van der Waals surface area (Å²) in [6.45, 7) is 2.82. The number of hydrogen-bond donors (Lipinski definition) is 0. The maximum Gasteiger partial charge on any atom is 0.259 e. The highest BCUT2D eigenvalue weighted by atomic mass is 16.5. The van der Waals surface area contributed by atoms with Gasteiger partial charge in [0.25, 0.3) is 5.91 Å². The van der Waals surface area contributed by atoms with E-state index in [4.69, 9.17) is 13.9 Å². The normalized spacial score (nSPS) is 13.4. The lowest BCUT2D eigenvalue weighted by molar-refractivity contribution is 0.0729. The lowest BCUT2D eigenvalue weighted by Gasteiger charge is -2.28. The number of aromatic nitrogens is 4. The number of hydrogen-bond acceptors (Lipinski definition) is 7. The molecule has 146 valence electrons. The van der Waals surface area contributed by atoms with Crippen LogP contribution in [0.5, 0.6) is 11.8 Å². The number of rotatable bonds is 4. The van der Waals surface area contributed by atoms with E-state index in [1.54, 1.807) is 23.2 Å². The minimum absolute atomic E-state index is 0.156. The lowest BCUT2D eigenvalue weighted by atomic mass is 10.0. The minimum Gasteiger partial charge on any atom is -0.481 e. The summed E-state index contributed by atoms with van der Waals surface area (Å²) < 4.78 is 17.9. The number of aryl methyl sites for hydroxylation is 2. The van der Waals surface area contributed by atoms with Gasteiger partial charge in [0.1, 0.15) is 11.3 Å². The zero-order valence-corrected chi connectivity index (χ0v) is 16.2. The van der Waals surface area contributed by atoms with E-state index in [1.807, 2.05) is 18.7 Å². The second-order valence-corrected chi connectivity index (χ2v) is 6.56. The number of amides is 1. The number of fused-ring (bicyclic) bond motifs is 1. The van der Waals surface area contributed by atoms with Crippen molar-refractivity contribution < 1.29 is 18.7 Å². The van der Waals surface area contributed by atoms with Gasteiger partial charge in [0, 0.05) is 37.3 Å². The fourth-order valence-electron chi connectivity index (χ4n) is 3.43. The van der Waals surface area contributed by atoms with Gasteiger partial charge in [-0.25, -0.2) is 4.98 Å². The summed E-state index contributed by atoms with van der Waals surface area (Å²) in [4.78, 5) is 23.4. The highest BCUT2D eigenvalue weighted by Crippen LogP contribution is 2.31. The summed E-state index contributed by atoms with van der Waals surface area (Å²) in [6.07, 6.45) is 2.35. The van der Waals surface area contributed by atoms with E-state index >= 15 is 0 Å². The Bertz CT molecular complexity index is 1040. The van der Waals surface area contributed by atoms with Crippen LogP contribution in [0.1, 0.15) is 27.4 Å². The molecule has 1 amide bonds. The van der Waals surface area contributed by atoms with E-state index in [1.165, 1.54) is 14.2 Å². The van der Waals surface area contributed by atoms with Crippen LogP contribution in [0.3, 0.4) is 0 Å². The summed E-state index contributed by atoms with van der Waals surface area (Å²) in [7, 11) is 4.90. The summed E-state index contributed by atoms with van der Waals surface area (Å²) in [6, 6.07) is 3.32. The van der Waals surface area contributed by atoms with Crippen molar-refractivity contribution in [3.05, 3.63) is 40.9 Å². The first-order valence-electron chi connectivity index (χ1n) is 8.87. The van der Waals surface area contributed by atoms with Gasteiger partial charge >= 0.3 is 0 Å². The first-order valence-corrected chi connectivity index (χ1v) is 8.87. The van der Waals surface area contributed by atoms with Crippen LogP contribution in [0.25, 0.3) is 11.6 Å². The molecule has 0 saturated carbocycles. The average Bonchev–Trinajstić information content (AvgIpc) is 3.29. The molecule has 0 N–H and O–H groups in total. The van der Waals surface area contributed by atoms with E-state index < -0.39 is 0 Å². The van der Waals surface area contributed by atoms with Crippen molar-refractivity contribution in [1.29, 1.82) is 0 Å². The number of pyridine rings is 1. The monoisotopic (exact) mass is 383 g/mol. The van der Waals surface area contributed by atoms with Crippen molar-refractivity contribution in [2.75, 3.05) is 20.8 Å². The fourth-order valence-corrected chi connectivity index (χ4v) is 3.43. The quantitative estimate of drug-likeness (QED) is 0.680. The molecule has 1 aliphatic heterocycles. The summed E-state index contributed by atoms with van der Waals surface area (Å²) >= 11 is 0. The molecule has 0 aromatic carbocycles. The van der Waals surface area contributed by atoms with Crippen LogP contribution < -0.4 is 9.47 Å². The Morgan fingerprint density at radius 1 is 1.25 bits per heavy atom. The van der Waals surface area contributed by atoms with Crippen molar-refractivity contribution in [3.63, 3.8) is 0 Å². The molecular weight excluding hydrogens is 362 g/mol. The van der Waals surface area contributed by atoms with Gasteiger partial charge in [0.05, 0.1) is 27.0 Å². The van der Waals surface area contributed by atoms with Crippen LogP contribution in [0, 0.1) is 6.92 Å². The maximum atomic E-state index is 13.1. The van der Waals surface area contributed by atoms with Gasteiger partial charge in [-0.2, -0.15) is 10.1 Å². The maximum absolute atomic E-state index is 13.1. The van der Waals surface area contributed by atoms with Gasteiger partial charge in [-0.15, -0.1) is 0 Å². The van der Waals surface area contributed by atoms with Gasteiger partial charge in [-0.1, -0.05) is 0 Å². The molecule has 0 bridgehead atoms. The smallest absolute Gasteiger partial charge is 0.259 e. The molecule has 9 nitrogen and oxygen atoms in total. The molecule has 0 unspecified atom stereocenters. The van der Waals surface area contributed by atoms with Crippen molar-refractivity contribution in [2.24, 2.45) is 7.05 Å². The van der Waals surface area contributed by atoms with E-state index in [9.17, 15) is 4.79 Å². The van der Waals surface area contributed by atoms with E-state index in [2.05, 4.69) is 15.1 Å². The third-order valence-electron chi connectivity index (χ3n) is 4.82. The highest BCUT2D eigenvalue weighted by Gasteiger charge is 2.30. The Labute approximate surface area is 161 Å². The number of carbonyl (C=O) groups excluding carboxylic acids is 1. The van der Waals surface area contributed by atoms with E-state index in [0.717, 1.165) is 11.3 Å². The van der Waals surface area contributed by atoms with Gasteiger partial charge in [-0.3, -0.25) is 9.48 Å². The number of oxazole rings is 1. The predicted octanol–water partition coefficient (Wildman–Crippen LogP) is 1.99. The van der Waals surface area contributed by atoms with Crippen molar-refractivity contribution >= 4 is 5.91 Å². The second kappa shape index (κ2) is 6.99. The van der Waals surface area contributed by atoms with Crippen molar-refractivity contribution in [1.82, 2.24) is 24.6 Å². The van der Waals surface area contributed by atoms with Gasteiger partial charge in [0.2, 0.25) is 17.7 Å². The lowest BCUT2D eigenvalue weighted by Crippen LogP contribution is -2.36. The minimum atomic E-state index is -0.156. The molecule has 9 heteroatoms. The molecular formula is C19H21N5O4. The first kappa shape index (κ1) is 18.0. The molecule has 0 spiro atoms. The van der Waals surface area contributed by atoms with Gasteiger partial charge < -0.3 is 18.8 Å². The molecule has 28 heavy (non-hydrogen) atoms. The van der Waals surface area contributed by atoms with Crippen LogP contribution >= 0.6 is 0 Å². The molecule has 1 aliphatic rings. The molecule has 4 heterocycles. The molecule has 3 aromatic rings. The third kappa shape index (κ3) is 2.98. The Morgan fingerprint density at radius 3 is 2.75 bits per heavy atom. The average molecular weight is 383 g/mol. The van der Waals surface area contributed by atoms with Crippen LogP contribution in [0.4, 0.5) is 0 Å². The standard InChI is InChI=1S/C19H21N5O4/c1-11-9-20-18(28-11)16-13-10-24(8-7-14(13)23(2)22-16)19(25)12-5-6-15(26-3)21-17(12)27-4/h5-6,9H,7-8,10H2,1-4H3. The predicted molar refractivity (Wildman–Crippen MR) is 99.2 cm³/mol. The Morgan fingerprint density at radius 2 is 2.07 bits per heavy atom. The Kier molecular flexibility index (Phi) is 4.50. The summed E-state index contributed by atoms with van der Waals surface area (Å²) in [5, 5.41) is 4.57. The SMILES string of the molecule is COc1ccc(C(=O)N2CCc3c(c(-c4ncc(C)o4)nn3C)C2)c(OC)n1. The molecule has 3 aromatic heterocycles. The van der Waals surface area contributed by atoms with Crippen molar-refractivity contribution in [2.45, 2.75) is 19.9 Å². The topological polar surface area (TPSA) is 95.5 Å². The fraction of sp³-hybridized carbons (Fsp3) is 0.368. The number of methoxy groups -OCH3 is 2. The largest absolute Gasteiger partial charge is 0.481 e. The van der Waals surface area contributed by atoms with E-state index in [-0.39, 0.29) is 11.8 Å². The Hall–Kier alpha value is -3.36. The van der Waals surface area contributed by atoms with Crippen LogP contribution in [-0.4, -0.2) is 51.3 Å². The number of ether oxygens (including phenoxy) is 2. The number of nitrogens with zero attached hydrogens (tertiary/aromatic N) is 5. The summed E-state index contributed by atoms with van der Waals surface area (Å²) in [5.41, 5.74) is 3.09. The molecule has 4 rings (SSSR count). The highest BCUT2D eigenvalue weighted by molar-refractivity contribution is 5.96. The van der Waals surface area contributed by atoms with Crippen LogP contribution in [0.2, 0.25) is 0 Å². The second-order valence-electron chi connectivity index (χ2n) is 6.56. The molecule has 0 fully saturated rings. The molecule has 0 atom stereocenters. The van der Waals surface area contributed by atoms with E-state index in [0.29, 0.717) is 48.3 Å². The zero-order valence-electron chi connectivity index (χ0n) is 16.2. The number of carbonyl (C=O) groups is 1. The first-order chi connectivity index (χ1) is 13.5. The van der Waals surface area contributed by atoms with Crippen molar-refractivity contribution in [3.8, 4) is 23.3 Å². The van der Waals surface area contributed by atoms with Crippen LogP contribution in [-0.2, 0) is 20.0 Å². The summed E-state index contributed by atoms with van der Waals surface area (Å²) in [5.74, 6) is 1.66. The third-order valence-corrected chi connectivity index (χ3v) is 4.82. The molecule has 0 saturated heterocycles. The molecule has 0 aliphatic carbocycles.